The molecule has 1 aliphatic heterocycles. The van der Waals surface area contributed by atoms with Gasteiger partial charge < -0.3 is 10.6 Å². The number of likely N-dealkylation sites (N-methyl/N-ethyl adjacent to an activating group) is 1. The summed E-state index contributed by atoms with van der Waals surface area (Å²) < 4.78 is 1.73. The van der Waals surface area contributed by atoms with Crippen LogP contribution in [0.2, 0.25) is 4.34 Å². The molecule has 1 aliphatic rings. The average Bonchev–Trinajstić information content (AvgIpc) is 2.71. The maximum absolute atomic E-state index is 6.02. The summed E-state index contributed by atoms with van der Waals surface area (Å²) >= 11 is 11.0. The van der Waals surface area contributed by atoms with Crippen LogP contribution in [0, 0.1) is 0 Å². The number of thiophene rings is 1. The number of nitrogens with two attached hydrogens (primary N) is 1. The van der Waals surface area contributed by atoms with E-state index in [-0.39, 0.29) is 6.04 Å². The van der Waals surface area contributed by atoms with Gasteiger partial charge in [0.1, 0.15) is 4.34 Å². The van der Waals surface area contributed by atoms with Crippen molar-refractivity contribution in [3.05, 3.63) is 19.8 Å². The fourth-order valence-electron chi connectivity index (χ4n) is 1.68. The molecular formula is C9H11BrClN3S. The van der Waals surface area contributed by atoms with Crippen molar-refractivity contribution in [2.45, 2.75) is 13.0 Å². The third kappa shape index (κ3) is 2.00. The van der Waals surface area contributed by atoms with Gasteiger partial charge in [-0.2, -0.15) is 0 Å². The maximum atomic E-state index is 6.02. The molecule has 82 valence electrons. The van der Waals surface area contributed by atoms with E-state index in [0.717, 1.165) is 21.9 Å². The molecule has 1 aromatic heterocycles. The molecular weight excluding hydrogens is 298 g/mol. The minimum Gasteiger partial charge on any atom is -0.370 e. The van der Waals surface area contributed by atoms with Gasteiger partial charge in [-0.1, -0.05) is 11.6 Å². The van der Waals surface area contributed by atoms with Crippen LogP contribution in [-0.2, 0) is 0 Å². The highest BCUT2D eigenvalue weighted by Gasteiger charge is 2.27. The smallest absolute Gasteiger partial charge is 0.191 e. The summed E-state index contributed by atoms with van der Waals surface area (Å²) in [6, 6.07) is 2.30. The Bertz CT molecular complexity index is 385. The van der Waals surface area contributed by atoms with Crippen LogP contribution in [0.25, 0.3) is 0 Å². The Morgan fingerprint density at radius 3 is 3.07 bits per heavy atom. The molecule has 1 aromatic rings. The van der Waals surface area contributed by atoms with E-state index in [1.54, 1.807) is 11.3 Å². The van der Waals surface area contributed by atoms with Crippen LogP contribution in [0.3, 0.4) is 0 Å². The summed E-state index contributed by atoms with van der Waals surface area (Å²) in [6.45, 7) is 3.67. The Balaban J connectivity index is 2.25. The molecule has 6 heteroatoms. The predicted octanol–water partition coefficient (Wildman–Crippen LogP) is 2.86. The summed E-state index contributed by atoms with van der Waals surface area (Å²) in [5, 5.41) is 0. The Morgan fingerprint density at radius 1 is 1.80 bits per heavy atom. The zero-order chi connectivity index (χ0) is 11.0. The minimum atomic E-state index is 0.254. The third-order valence-electron chi connectivity index (χ3n) is 2.43. The monoisotopic (exact) mass is 307 g/mol. The van der Waals surface area contributed by atoms with Gasteiger partial charge >= 0.3 is 0 Å². The van der Waals surface area contributed by atoms with Crippen molar-refractivity contribution < 1.29 is 0 Å². The Labute approximate surface area is 106 Å². The summed E-state index contributed by atoms with van der Waals surface area (Å²) in [7, 11) is 0. The van der Waals surface area contributed by atoms with Gasteiger partial charge in [0, 0.05) is 15.9 Å². The number of halogens is 2. The Hall–Kier alpha value is -0.260. The van der Waals surface area contributed by atoms with Crippen molar-refractivity contribution in [3.63, 3.8) is 0 Å². The molecule has 0 amide bonds. The highest BCUT2D eigenvalue weighted by molar-refractivity contribution is 9.10. The molecule has 1 atom stereocenters. The van der Waals surface area contributed by atoms with Gasteiger partial charge in [0.2, 0.25) is 0 Å². The fourth-order valence-corrected chi connectivity index (χ4v) is 3.52. The van der Waals surface area contributed by atoms with Gasteiger partial charge in [-0.3, -0.25) is 4.99 Å². The maximum Gasteiger partial charge on any atom is 0.191 e. The number of aliphatic imine (C=N–C) groups is 1. The van der Waals surface area contributed by atoms with Crippen LogP contribution in [-0.4, -0.2) is 23.9 Å². The van der Waals surface area contributed by atoms with Gasteiger partial charge in [-0.05, 0) is 28.9 Å². The van der Waals surface area contributed by atoms with Crippen molar-refractivity contribution in [1.29, 1.82) is 0 Å². The minimum absolute atomic E-state index is 0.254. The fraction of sp³-hybridized carbons (Fsp3) is 0.444. The first-order valence-corrected chi connectivity index (χ1v) is 6.63. The van der Waals surface area contributed by atoms with Crippen LogP contribution < -0.4 is 5.73 Å². The van der Waals surface area contributed by atoms with Crippen molar-refractivity contribution in [1.82, 2.24) is 4.90 Å². The number of hydrogen-bond acceptors (Lipinski definition) is 4. The standard InChI is InChI=1S/C9H11BrClN3S/c1-2-14-6(4-13-9(14)12)7-3-5(10)8(11)15-7/h3,6H,2,4H2,1H3,(H2,12,13). The van der Waals surface area contributed by atoms with E-state index in [9.17, 15) is 0 Å². The van der Waals surface area contributed by atoms with E-state index >= 15 is 0 Å². The topological polar surface area (TPSA) is 41.6 Å². The lowest BCUT2D eigenvalue weighted by Crippen LogP contribution is -2.35. The van der Waals surface area contributed by atoms with E-state index in [4.69, 9.17) is 17.3 Å². The molecule has 3 nitrogen and oxygen atoms in total. The van der Waals surface area contributed by atoms with E-state index in [2.05, 4.69) is 38.8 Å². The first-order valence-electron chi connectivity index (χ1n) is 4.64. The second-order valence-electron chi connectivity index (χ2n) is 3.27. The number of guanidine groups is 1. The number of hydrogen-bond donors (Lipinski definition) is 1. The molecule has 0 aromatic carbocycles. The molecule has 0 aliphatic carbocycles. The van der Waals surface area contributed by atoms with Crippen LogP contribution in [0.1, 0.15) is 17.8 Å². The van der Waals surface area contributed by atoms with Gasteiger partial charge in [-0.15, -0.1) is 11.3 Å². The van der Waals surface area contributed by atoms with E-state index in [1.165, 1.54) is 4.88 Å². The molecule has 0 bridgehead atoms. The Morgan fingerprint density at radius 2 is 2.53 bits per heavy atom. The van der Waals surface area contributed by atoms with Gasteiger partial charge in [0.25, 0.3) is 0 Å². The summed E-state index contributed by atoms with van der Waals surface area (Å²) in [4.78, 5) is 7.55. The highest BCUT2D eigenvalue weighted by Crippen LogP contribution is 2.38. The molecule has 2 rings (SSSR count). The normalized spacial score (nSPS) is 20.9. The van der Waals surface area contributed by atoms with E-state index in [0.29, 0.717) is 5.96 Å². The molecule has 2 N–H and O–H groups in total. The molecule has 0 saturated heterocycles. The van der Waals surface area contributed by atoms with Crippen LogP contribution in [0.15, 0.2) is 15.5 Å². The lowest BCUT2D eigenvalue weighted by Gasteiger charge is -2.23. The van der Waals surface area contributed by atoms with Crippen molar-refractivity contribution in [2.75, 3.05) is 13.1 Å². The first kappa shape index (κ1) is 11.2. The lowest BCUT2D eigenvalue weighted by molar-refractivity contribution is 0.369. The number of nitrogens with zero attached hydrogens (tertiary/aromatic N) is 2. The average molecular weight is 309 g/mol. The lowest BCUT2D eigenvalue weighted by atomic mass is 10.2. The zero-order valence-corrected chi connectivity index (χ0v) is 11.4. The van der Waals surface area contributed by atoms with Gasteiger partial charge in [0.05, 0.1) is 12.6 Å². The highest BCUT2D eigenvalue weighted by atomic mass is 79.9. The first-order chi connectivity index (χ1) is 7.13. The third-order valence-corrected chi connectivity index (χ3v) is 5.01. The second kappa shape index (κ2) is 4.31. The van der Waals surface area contributed by atoms with Crippen LogP contribution in [0.4, 0.5) is 0 Å². The largest absolute Gasteiger partial charge is 0.370 e. The van der Waals surface area contributed by atoms with Crippen molar-refractivity contribution in [3.8, 4) is 0 Å². The molecule has 0 spiro atoms. The molecule has 2 heterocycles. The molecule has 0 radical (unpaired) electrons. The Kier molecular flexibility index (Phi) is 3.23. The molecule has 0 fully saturated rings. The van der Waals surface area contributed by atoms with Gasteiger partial charge in [-0.25, -0.2) is 0 Å². The second-order valence-corrected chi connectivity index (χ2v) is 5.81. The van der Waals surface area contributed by atoms with Crippen LogP contribution >= 0.6 is 38.9 Å². The van der Waals surface area contributed by atoms with E-state index < -0.39 is 0 Å². The van der Waals surface area contributed by atoms with Gasteiger partial charge in [0.15, 0.2) is 5.96 Å². The quantitative estimate of drug-likeness (QED) is 0.913. The van der Waals surface area contributed by atoms with Crippen LogP contribution in [0.5, 0.6) is 0 Å². The summed E-state index contributed by atoms with van der Waals surface area (Å²) in [5.74, 6) is 0.628. The summed E-state index contributed by atoms with van der Waals surface area (Å²) in [6.07, 6.45) is 0. The molecule has 15 heavy (non-hydrogen) atoms. The molecule has 0 saturated carbocycles. The number of rotatable bonds is 2. The van der Waals surface area contributed by atoms with Crippen molar-refractivity contribution >= 4 is 44.8 Å². The SMILES string of the molecule is CCN1C(N)=NCC1c1cc(Br)c(Cl)s1. The predicted molar refractivity (Wildman–Crippen MR) is 68.6 cm³/mol. The van der Waals surface area contributed by atoms with E-state index in [1.807, 2.05) is 0 Å². The van der Waals surface area contributed by atoms with Crippen molar-refractivity contribution in [2.24, 2.45) is 10.7 Å². The zero-order valence-electron chi connectivity index (χ0n) is 8.20. The molecule has 1 unspecified atom stereocenters. The summed E-state index contributed by atoms with van der Waals surface area (Å²) in [5.41, 5.74) is 5.80.